The number of hydrogen-bond acceptors (Lipinski definition) is 2. The zero-order valence-corrected chi connectivity index (χ0v) is 13.6. The maximum atomic E-state index is 6.01. The highest BCUT2D eigenvalue weighted by molar-refractivity contribution is 5.35. The van der Waals surface area contributed by atoms with Gasteiger partial charge >= 0.3 is 0 Å². The molecule has 0 spiro atoms. The zero-order valence-electron chi connectivity index (χ0n) is 13.6. The molecule has 1 aromatic carbocycles. The summed E-state index contributed by atoms with van der Waals surface area (Å²) in [6.07, 6.45) is 4.65. The van der Waals surface area contributed by atoms with Gasteiger partial charge in [0.25, 0.3) is 0 Å². The molecule has 0 saturated carbocycles. The number of para-hydroxylation sites is 1. The van der Waals surface area contributed by atoms with Crippen LogP contribution in [-0.2, 0) is 0 Å². The Morgan fingerprint density at radius 3 is 2.50 bits per heavy atom. The van der Waals surface area contributed by atoms with Gasteiger partial charge in [-0.05, 0) is 49.8 Å². The van der Waals surface area contributed by atoms with Gasteiger partial charge in [-0.3, -0.25) is 0 Å². The van der Waals surface area contributed by atoms with Gasteiger partial charge in [-0.25, -0.2) is 0 Å². The van der Waals surface area contributed by atoms with Crippen molar-refractivity contribution in [2.24, 2.45) is 0 Å². The van der Waals surface area contributed by atoms with E-state index in [9.17, 15) is 0 Å². The summed E-state index contributed by atoms with van der Waals surface area (Å²) in [5.41, 5.74) is 1.34. The van der Waals surface area contributed by atoms with Gasteiger partial charge in [-0.15, -0.1) is 0 Å². The summed E-state index contributed by atoms with van der Waals surface area (Å²) in [6, 6.07) is 9.09. The molecule has 0 bridgehead atoms. The summed E-state index contributed by atoms with van der Waals surface area (Å²) in [5.74, 6) is 1.63. The highest BCUT2D eigenvalue weighted by Gasteiger charge is 2.09. The average Bonchev–Trinajstić information content (AvgIpc) is 2.50. The fourth-order valence-corrected chi connectivity index (χ4v) is 2.49. The Morgan fingerprint density at radius 2 is 1.85 bits per heavy atom. The van der Waals surface area contributed by atoms with Crippen molar-refractivity contribution >= 4 is 0 Å². The molecule has 0 amide bonds. The Bertz CT molecular complexity index is 364. The van der Waals surface area contributed by atoms with Crippen LogP contribution in [-0.4, -0.2) is 19.2 Å². The molecule has 20 heavy (non-hydrogen) atoms. The predicted molar refractivity (Wildman–Crippen MR) is 87.6 cm³/mol. The molecule has 0 aromatic heterocycles. The third-order valence-electron chi connectivity index (χ3n) is 4.00. The lowest BCUT2D eigenvalue weighted by molar-refractivity contribution is 0.291. The van der Waals surface area contributed by atoms with E-state index in [2.05, 4.69) is 57.3 Å². The number of benzene rings is 1. The molecular weight excluding hydrogens is 246 g/mol. The number of hydrogen-bond donors (Lipinski definition) is 1. The van der Waals surface area contributed by atoms with E-state index in [4.69, 9.17) is 4.74 Å². The third kappa shape index (κ3) is 5.54. The molecule has 1 aromatic rings. The minimum Gasteiger partial charge on any atom is -0.493 e. The third-order valence-corrected chi connectivity index (χ3v) is 4.00. The van der Waals surface area contributed by atoms with Crippen molar-refractivity contribution in [3.63, 3.8) is 0 Å². The normalized spacial score (nSPS) is 14.0. The molecule has 0 aliphatic heterocycles. The Labute approximate surface area is 124 Å². The van der Waals surface area contributed by atoms with E-state index in [0.29, 0.717) is 12.0 Å². The first-order valence-corrected chi connectivity index (χ1v) is 8.17. The summed E-state index contributed by atoms with van der Waals surface area (Å²) in [7, 11) is 0. The van der Waals surface area contributed by atoms with Crippen molar-refractivity contribution in [3.05, 3.63) is 29.8 Å². The van der Waals surface area contributed by atoms with Gasteiger partial charge in [0.1, 0.15) is 5.75 Å². The second-order valence-electron chi connectivity index (χ2n) is 5.50. The van der Waals surface area contributed by atoms with Crippen LogP contribution in [0.4, 0.5) is 0 Å². The van der Waals surface area contributed by atoms with E-state index in [-0.39, 0.29) is 0 Å². The minimum absolute atomic E-state index is 0.566. The first-order chi connectivity index (χ1) is 9.72. The van der Waals surface area contributed by atoms with Gasteiger partial charge in [0, 0.05) is 6.04 Å². The van der Waals surface area contributed by atoms with Gasteiger partial charge < -0.3 is 10.1 Å². The van der Waals surface area contributed by atoms with E-state index < -0.39 is 0 Å². The van der Waals surface area contributed by atoms with Crippen molar-refractivity contribution < 1.29 is 4.74 Å². The van der Waals surface area contributed by atoms with Gasteiger partial charge in [0.2, 0.25) is 0 Å². The van der Waals surface area contributed by atoms with Crippen molar-refractivity contribution in [2.75, 3.05) is 13.2 Å². The summed E-state index contributed by atoms with van der Waals surface area (Å²) in [4.78, 5) is 0. The quantitative estimate of drug-likeness (QED) is 0.623. The van der Waals surface area contributed by atoms with Gasteiger partial charge in [0.05, 0.1) is 6.61 Å². The van der Waals surface area contributed by atoms with Crippen LogP contribution < -0.4 is 10.1 Å². The predicted octanol–water partition coefficient (Wildman–Crippen LogP) is 4.75. The van der Waals surface area contributed by atoms with E-state index in [1.807, 2.05) is 0 Å². The molecule has 0 radical (unpaired) electrons. The summed E-state index contributed by atoms with van der Waals surface area (Å²) in [6.45, 7) is 10.8. The molecule has 0 heterocycles. The van der Waals surface area contributed by atoms with Crippen LogP contribution in [0.1, 0.15) is 64.9 Å². The Kier molecular flexibility index (Phi) is 8.36. The standard InChI is InChI=1S/C18H31NO/c1-5-15(4)17-12-8-9-13-18(17)20-14-10-11-16(6-2)19-7-3/h8-9,12-13,15-16,19H,5-7,10-11,14H2,1-4H3. The minimum atomic E-state index is 0.566. The zero-order chi connectivity index (χ0) is 14.8. The second-order valence-corrected chi connectivity index (χ2v) is 5.50. The van der Waals surface area contributed by atoms with Crippen LogP contribution in [0, 0.1) is 0 Å². The molecule has 2 heteroatoms. The fraction of sp³-hybridized carbons (Fsp3) is 0.667. The first-order valence-electron chi connectivity index (χ1n) is 8.17. The number of rotatable bonds is 10. The van der Waals surface area contributed by atoms with Crippen molar-refractivity contribution in [1.29, 1.82) is 0 Å². The van der Waals surface area contributed by atoms with E-state index >= 15 is 0 Å². The highest BCUT2D eigenvalue weighted by Crippen LogP contribution is 2.28. The Balaban J connectivity index is 2.42. The molecular formula is C18H31NO. The van der Waals surface area contributed by atoms with Crippen molar-refractivity contribution in [1.82, 2.24) is 5.32 Å². The maximum Gasteiger partial charge on any atom is 0.122 e. The Morgan fingerprint density at radius 1 is 1.10 bits per heavy atom. The molecule has 2 nitrogen and oxygen atoms in total. The number of ether oxygens (including phenoxy) is 1. The molecule has 0 saturated heterocycles. The van der Waals surface area contributed by atoms with E-state index in [1.54, 1.807) is 0 Å². The van der Waals surface area contributed by atoms with Gasteiger partial charge in [-0.1, -0.05) is 45.9 Å². The fourth-order valence-electron chi connectivity index (χ4n) is 2.49. The van der Waals surface area contributed by atoms with E-state index in [1.165, 1.54) is 18.4 Å². The summed E-state index contributed by atoms with van der Waals surface area (Å²) in [5, 5.41) is 3.51. The van der Waals surface area contributed by atoms with Crippen molar-refractivity contribution in [3.8, 4) is 5.75 Å². The SMILES string of the molecule is CCNC(CC)CCCOc1ccccc1C(C)CC. The van der Waals surface area contributed by atoms with Crippen molar-refractivity contribution in [2.45, 2.75) is 65.3 Å². The van der Waals surface area contributed by atoms with Crippen LogP contribution in [0.3, 0.4) is 0 Å². The molecule has 0 fully saturated rings. The van der Waals surface area contributed by atoms with Crippen LogP contribution in [0.15, 0.2) is 24.3 Å². The van der Waals surface area contributed by atoms with Crippen LogP contribution >= 0.6 is 0 Å². The maximum absolute atomic E-state index is 6.01. The van der Waals surface area contributed by atoms with Crippen LogP contribution in [0.5, 0.6) is 5.75 Å². The number of nitrogens with one attached hydrogen (secondary N) is 1. The monoisotopic (exact) mass is 277 g/mol. The summed E-state index contributed by atoms with van der Waals surface area (Å²) >= 11 is 0. The second kappa shape index (κ2) is 9.82. The Hall–Kier alpha value is -1.02. The molecule has 1 N–H and O–H groups in total. The molecule has 1 rings (SSSR count). The van der Waals surface area contributed by atoms with Crippen LogP contribution in [0.25, 0.3) is 0 Å². The molecule has 0 aliphatic carbocycles. The average molecular weight is 277 g/mol. The first kappa shape index (κ1) is 17.0. The molecule has 114 valence electrons. The van der Waals surface area contributed by atoms with Crippen LogP contribution in [0.2, 0.25) is 0 Å². The molecule has 2 atom stereocenters. The topological polar surface area (TPSA) is 21.3 Å². The lowest BCUT2D eigenvalue weighted by Crippen LogP contribution is -2.28. The molecule has 0 aliphatic rings. The highest BCUT2D eigenvalue weighted by atomic mass is 16.5. The van der Waals surface area contributed by atoms with Gasteiger partial charge in [0.15, 0.2) is 0 Å². The molecule has 2 unspecified atom stereocenters. The lowest BCUT2D eigenvalue weighted by atomic mass is 9.98. The van der Waals surface area contributed by atoms with Gasteiger partial charge in [-0.2, -0.15) is 0 Å². The lowest BCUT2D eigenvalue weighted by Gasteiger charge is -2.18. The summed E-state index contributed by atoms with van der Waals surface area (Å²) < 4.78 is 6.01. The smallest absolute Gasteiger partial charge is 0.122 e. The van der Waals surface area contributed by atoms with E-state index in [0.717, 1.165) is 31.7 Å². The largest absolute Gasteiger partial charge is 0.493 e.